The van der Waals surface area contributed by atoms with Crippen molar-refractivity contribution in [3.05, 3.63) is 35.9 Å². The second-order valence-corrected chi connectivity index (χ2v) is 4.25. The molecule has 0 bridgehead atoms. The lowest BCUT2D eigenvalue weighted by atomic mass is 10.1. The molecule has 1 aromatic carbocycles. The summed E-state index contributed by atoms with van der Waals surface area (Å²) in [4.78, 5) is 0. The Bertz CT molecular complexity index is 230. The van der Waals surface area contributed by atoms with Gasteiger partial charge < -0.3 is 0 Å². The van der Waals surface area contributed by atoms with E-state index in [1.807, 2.05) is 0 Å². The molecule has 3 N–H and O–H groups in total. The van der Waals surface area contributed by atoms with E-state index >= 15 is 0 Å². The van der Waals surface area contributed by atoms with E-state index < -0.39 is 0 Å². The molecule has 98 valence electrons. The maximum atomic E-state index is 5.02. The average molecular weight is 236 g/mol. The van der Waals surface area contributed by atoms with Gasteiger partial charge in [-0.3, -0.25) is 11.3 Å². The Labute approximate surface area is 107 Å². The molecule has 0 amide bonds. The molecule has 0 aromatic heterocycles. The average Bonchev–Trinajstić information content (AvgIpc) is 2.39. The zero-order chi connectivity index (χ0) is 12.8. The van der Waals surface area contributed by atoms with Crippen LogP contribution in [0, 0.1) is 0 Å². The molecule has 2 heteroatoms. The van der Waals surface area contributed by atoms with E-state index in [0.29, 0.717) is 0 Å². The van der Waals surface area contributed by atoms with Gasteiger partial charge in [0, 0.05) is 6.54 Å². The van der Waals surface area contributed by atoms with Crippen molar-refractivity contribution in [3.63, 3.8) is 0 Å². The summed E-state index contributed by atoms with van der Waals surface area (Å²) in [6.07, 6.45) is 7.58. The van der Waals surface area contributed by atoms with Crippen LogP contribution < -0.4 is 11.3 Å². The lowest BCUT2D eigenvalue weighted by Crippen LogP contribution is -2.22. The highest BCUT2D eigenvalue weighted by molar-refractivity contribution is 5.14. The van der Waals surface area contributed by atoms with Crippen LogP contribution in [0.5, 0.6) is 0 Å². The van der Waals surface area contributed by atoms with Crippen molar-refractivity contribution in [2.45, 2.75) is 52.4 Å². The van der Waals surface area contributed by atoms with Crippen LogP contribution in [0.25, 0.3) is 0 Å². The summed E-state index contributed by atoms with van der Waals surface area (Å²) in [5.41, 5.74) is 4.06. The minimum atomic E-state index is 0.952. The van der Waals surface area contributed by atoms with Gasteiger partial charge in [0.1, 0.15) is 0 Å². The second-order valence-electron chi connectivity index (χ2n) is 4.25. The number of hydrazine groups is 1. The largest absolute Gasteiger partial charge is 0.271 e. The van der Waals surface area contributed by atoms with E-state index in [9.17, 15) is 0 Å². The smallest absolute Gasteiger partial charge is 0.00974 e. The molecule has 0 spiro atoms. The first-order chi connectivity index (χ1) is 8.35. The Hall–Kier alpha value is -0.860. The van der Waals surface area contributed by atoms with Crippen molar-refractivity contribution < 1.29 is 0 Å². The van der Waals surface area contributed by atoms with Crippen LogP contribution in [-0.2, 0) is 6.42 Å². The van der Waals surface area contributed by atoms with Crippen LogP contribution in [0.1, 0.15) is 51.5 Å². The van der Waals surface area contributed by atoms with Gasteiger partial charge in [-0.05, 0) is 24.8 Å². The molecule has 1 rings (SSSR count). The maximum absolute atomic E-state index is 5.02. The first-order valence-corrected chi connectivity index (χ1v) is 6.82. The molecule has 1 aromatic rings. The zero-order valence-electron chi connectivity index (χ0n) is 11.4. The van der Waals surface area contributed by atoms with Crippen LogP contribution in [0.2, 0.25) is 0 Å². The molecule has 2 nitrogen and oxygen atoms in total. The van der Waals surface area contributed by atoms with Gasteiger partial charge in [-0.25, -0.2) is 0 Å². The zero-order valence-corrected chi connectivity index (χ0v) is 11.4. The highest BCUT2D eigenvalue weighted by atomic mass is 15.2. The third-order valence-corrected chi connectivity index (χ3v) is 2.59. The molecule has 17 heavy (non-hydrogen) atoms. The third-order valence-electron chi connectivity index (χ3n) is 2.59. The number of benzene rings is 1. The summed E-state index contributed by atoms with van der Waals surface area (Å²) in [5, 5.41) is 0. The number of unbranched alkanes of at least 4 members (excludes halogenated alkanes) is 3. The predicted molar refractivity (Wildman–Crippen MR) is 76.8 cm³/mol. The van der Waals surface area contributed by atoms with Crippen LogP contribution in [0.15, 0.2) is 30.3 Å². The van der Waals surface area contributed by atoms with Crippen molar-refractivity contribution in [3.8, 4) is 0 Å². The van der Waals surface area contributed by atoms with Crippen molar-refractivity contribution in [1.82, 2.24) is 5.43 Å². The highest BCUT2D eigenvalue weighted by Crippen LogP contribution is 2.03. The molecule has 0 saturated heterocycles. The topological polar surface area (TPSA) is 38.0 Å². The van der Waals surface area contributed by atoms with E-state index in [1.165, 1.54) is 44.1 Å². The molecule has 0 fully saturated rings. The fourth-order valence-electron chi connectivity index (χ4n) is 1.50. The molecule has 0 aliphatic rings. The van der Waals surface area contributed by atoms with Gasteiger partial charge in [0.25, 0.3) is 0 Å². The lowest BCUT2D eigenvalue weighted by Gasteiger charge is -1.96. The Kier molecular flexibility index (Phi) is 12.5. The number of hydrogen-bond donors (Lipinski definition) is 2. The van der Waals surface area contributed by atoms with Gasteiger partial charge in [0.05, 0.1) is 0 Å². The number of hydrogen-bond acceptors (Lipinski definition) is 2. The van der Waals surface area contributed by atoms with Crippen LogP contribution in [0.3, 0.4) is 0 Å². The van der Waals surface area contributed by atoms with Crippen LogP contribution in [0.4, 0.5) is 0 Å². The number of nitrogens with two attached hydrogens (primary N) is 1. The lowest BCUT2D eigenvalue weighted by molar-refractivity contribution is 0.637. The summed E-state index contributed by atoms with van der Waals surface area (Å²) >= 11 is 0. The Morgan fingerprint density at radius 3 is 2.12 bits per heavy atom. The monoisotopic (exact) mass is 236 g/mol. The van der Waals surface area contributed by atoms with Crippen molar-refractivity contribution >= 4 is 0 Å². The Balaban J connectivity index is 0.000000325. The van der Waals surface area contributed by atoms with E-state index in [0.717, 1.165) is 6.54 Å². The molecular weight excluding hydrogens is 208 g/mol. The summed E-state index contributed by atoms with van der Waals surface area (Å²) in [7, 11) is 0. The molecule has 0 radical (unpaired) electrons. The van der Waals surface area contributed by atoms with E-state index in [-0.39, 0.29) is 0 Å². The van der Waals surface area contributed by atoms with Gasteiger partial charge in [0.15, 0.2) is 0 Å². The Morgan fingerprint density at radius 1 is 0.941 bits per heavy atom. The standard InChI is InChI=1S/C10H14.C5H14N2/c1-2-3-7-10-8-5-4-6-9-10;1-2-3-4-5-7-6/h4-6,8-9H,2-3,7H2,1H3;7H,2-6H2,1H3. The molecule has 0 saturated carbocycles. The fraction of sp³-hybridized carbons (Fsp3) is 0.600. The number of rotatable bonds is 7. The van der Waals surface area contributed by atoms with Crippen molar-refractivity contribution in [1.29, 1.82) is 0 Å². The second kappa shape index (κ2) is 13.2. The summed E-state index contributed by atoms with van der Waals surface area (Å²) in [5.74, 6) is 5.02. The van der Waals surface area contributed by atoms with Gasteiger partial charge in [-0.2, -0.15) is 0 Å². The number of nitrogens with one attached hydrogen (secondary N) is 1. The fourth-order valence-corrected chi connectivity index (χ4v) is 1.50. The van der Waals surface area contributed by atoms with E-state index in [4.69, 9.17) is 5.84 Å². The Morgan fingerprint density at radius 2 is 1.59 bits per heavy atom. The first-order valence-electron chi connectivity index (χ1n) is 6.82. The minimum Gasteiger partial charge on any atom is -0.271 e. The predicted octanol–water partition coefficient (Wildman–Crippen LogP) is 3.67. The SMILES string of the molecule is CCCCCNN.CCCCc1ccccc1. The van der Waals surface area contributed by atoms with Crippen LogP contribution in [-0.4, -0.2) is 6.54 Å². The first kappa shape index (κ1) is 16.1. The molecule has 0 aliphatic carbocycles. The number of aryl methyl sites for hydroxylation is 1. The highest BCUT2D eigenvalue weighted by Gasteiger charge is 1.87. The minimum absolute atomic E-state index is 0.952. The van der Waals surface area contributed by atoms with E-state index in [1.54, 1.807) is 0 Å². The summed E-state index contributed by atoms with van der Waals surface area (Å²) in [6.45, 7) is 5.35. The summed E-state index contributed by atoms with van der Waals surface area (Å²) in [6, 6.07) is 10.6. The molecule has 0 aliphatic heterocycles. The van der Waals surface area contributed by atoms with Crippen molar-refractivity contribution in [2.75, 3.05) is 6.54 Å². The van der Waals surface area contributed by atoms with Gasteiger partial charge in [0.2, 0.25) is 0 Å². The molecule has 0 unspecified atom stereocenters. The van der Waals surface area contributed by atoms with E-state index in [2.05, 4.69) is 49.6 Å². The van der Waals surface area contributed by atoms with Gasteiger partial charge in [-0.15, -0.1) is 0 Å². The quantitative estimate of drug-likeness (QED) is 0.431. The molecule has 0 atom stereocenters. The third kappa shape index (κ3) is 11.4. The molecule has 0 heterocycles. The van der Waals surface area contributed by atoms with Crippen molar-refractivity contribution in [2.24, 2.45) is 5.84 Å². The van der Waals surface area contributed by atoms with Gasteiger partial charge >= 0.3 is 0 Å². The normalized spacial score (nSPS) is 9.59. The summed E-state index contributed by atoms with van der Waals surface area (Å²) < 4.78 is 0. The maximum Gasteiger partial charge on any atom is 0.00974 e. The van der Waals surface area contributed by atoms with Crippen LogP contribution >= 0.6 is 0 Å². The molecular formula is C15H28N2. The van der Waals surface area contributed by atoms with Gasteiger partial charge in [-0.1, -0.05) is 63.4 Å².